The molecule has 23 heavy (non-hydrogen) atoms. The van der Waals surface area contributed by atoms with Crippen LogP contribution in [-0.4, -0.2) is 49.3 Å². The average Bonchev–Trinajstić information content (AvgIpc) is 2.50. The van der Waals surface area contributed by atoms with Crippen molar-refractivity contribution in [2.45, 2.75) is 44.1 Å². The number of carboxylic acid groups (broad SMARTS) is 2. The molecule has 1 aromatic rings. The van der Waals surface area contributed by atoms with Crippen molar-refractivity contribution in [2.24, 2.45) is 0 Å². The Morgan fingerprint density at radius 1 is 1.13 bits per heavy atom. The van der Waals surface area contributed by atoms with Crippen LogP contribution in [0.4, 0.5) is 0 Å². The average molecular weight is 341 g/mol. The number of aliphatic hydroxyl groups is 1. The number of nitrogens with zero attached hydrogens (tertiary/aromatic N) is 1. The number of carbonyl (C=O) groups is 2. The lowest BCUT2D eigenvalue weighted by Crippen LogP contribution is -2.43. The largest absolute Gasteiger partial charge is 0.481 e. The van der Waals surface area contributed by atoms with E-state index in [0.29, 0.717) is 5.75 Å². The molecule has 1 atom stereocenters. The van der Waals surface area contributed by atoms with Crippen LogP contribution in [0.25, 0.3) is 0 Å². The van der Waals surface area contributed by atoms with E-state index < -0.39 is 24.0 Å². The highest BCUT2D eigenvalue weighted by Crippen LogP contribution is 2.20. The third-order valence-electron chi connectivity index (χ3n) is 3.38. The Kier molecular flexibility index (Phi) is 8.65. The molecule has 0 bridgehead atoms. The SMILES string of the molecule is O=C(O)C[C@@](O)(CSCCCCCCc1ccccn1)C(=O)O. The summed E-state index contributed by atoms with van der Waals surface area (Å²) in [5.41, 5.74) is -1.10. The Labute approximate surface area is 139 Å². The minimum atomic E-state index is -2.19. The zero-order valence-electron chi connectivity index (χ0n) is 13.0. The Morgan fingerprint density at radius 2 is 1.87 bits per heavy atom. The van der Waals surface area contributed by atoms with Gasteiger partial charge in [-0.25, -0.2) is 4.79 Å². The molecular weight excluding hydrogens is 318 g/mol. The molecule has 0 unspecified atom stereocenters. The summed E-state index contributed by atoms with van der Waals surface area (Å²) in [6.45, 7) is 0. The Bertz CT molecular complexity index is 497. The third-order valence-corrected chi connectivity index (χ3v) is 4.64. The summed E-state index contributed by atoms with van der Waals surface area (Å²) in [6.07, 6.45) is 6.01. The number of hydrogen-bond acceptors (Lipinski definition) is 5. The standard InChI is InChI=1S/C16H23NO5S/c18-14(19)11-16(22,15(20)21)12-23-10-6-2-1-3-7-13-8-4-5-9-17-13/h4-5,8-9,22H,1-3,6-7,10-12H2,(H,18,19)(H,20,21)/t16-/m1/s1. The Hall–Kier alpha value is -1.60. The van der Waals surface area contributed by atoms with E-state index in [-0.39, 0.29) is 5.75 Å². The smallest absolute Gasteiger partial charge is 0.337 e. The van der Waals surface area contributed by atoms with Gasteiger partial charge in [0.2, 0.25) is 0 Å². The van der Waals surface area contributed by atoms with Crippen LogP contribution in [0.1, 0.15) is 37.8 Å². The second-order valence-corrected chi connectivity index (χ2v) is 6.55. The number of hydrogen-bond donors (Lipinski definition) is 3. The van der Waals surface area contributed by atoms with Crippen molar-refractivity contribution in [3.8, 4) is 0 Å². The molecule has 0 aromatic carbocycles. The number of pyridine rings is 1. The molecule has 0 aliphatic rings. The van der Waals surface area contributed by atoms with Gasteiger partial charge in [0.25, 0.3) is 0 Å². The lowest BCUT2D eigenvalue weighted by Gasteiger charge is -2.20. The van der Waals surface area contributed by atoms with Crippen LogP contribution in [0.5, 0.6) is 0 Å². The molecular formula is C16H23NO5S. The van der Waals surface area contributed by atoms with Gasteiger partial charge < -0.3 is 15.3 Å². The number of rotatable bonds is 12. The highest BCUT2D eigenvalue weighted by molar-refractivity contribution is 7.99. The maximum absolute atomic E-state index is 11.0. The van der Waals surface area contributed by atoms with E-state index in [1.165, 1.54) is 11.8 Å². The van der Waals surface area contributed by atoms with Gasteiger partial charge in [-0.3, -0.25) is 9.78 Å². The summed E-state index contributed by atoms with van der Waals surface area (Å²) in [4.78, 5) is 25.8. The number of aromatic nitrogens is 1. The first kappa shape index (κ1) is 19.4. The lowest BCUT2D eigenvalue weighted by molar-refractivity contribution is -0.162. The van der Waals surface area contributed by atoms with Gasteiger partial charge in [0, 0.05) is 17.6 Å². The molecule has 0 radical (unpaired) electrons. The first-order valence-corrected chi connectivity index (χ1v) is 8.75. The topological polar surface area (TPSA) is 108 Å². The van der Waals surface area contributed by atoms with Gasteiger partial charge in [-0.2, -0.15) is 11.8 Å². The van der Waals surface area contributed by atoms with E-state index in [4.69, 9.17) is 10.2 Å². The van der Waals surface area contributed by atoms with Gasteiger partial charge in [0.05, 0.1) is 6.42 Å². The maximum atomic E-state index is 11.0. The van der Waals surface area contributed by atoms with E-state index in [9.17, 15) is 14.7 Å². The van der Waals surface area contributed by atoms with Crippen molar-refractivity contribution in [1.29, 1.82) is 0 Å². The Balaban J connectivity index is 2.10. The van der Waals surface area contributed by atoms with Crippen molar-refractivity contribution in [3.63, 3.8) is 0 Å². The monoisotopic (exact) mass is 341 g/mol. The fourth-order valence-electron chi connectivity index (χ4n) is 2.09. The predicted molar refractivity (Wildman–Crippen MR) is 88.6 cm³/mol. The summed E-state index contributed by atoms with van der Waals surface area (Å²) in [7, 11) is 0. The maximum Gasteiger partial charge on any atom is 0.337 e. The Morgan fingerprint density at radius 3 is 2.48 bits per heavy atom. The molecule has 3 N–H and O–H groups in total. The summed E-state index contributed by atoms with van der Waals surface area (Å²) < 4.78 is 0. The minimum absolute atomic E-state index is 0.109. The summed E-state index contributed by atoms with van der Waals surface area (Å²) >= 11 is 1.28. The molecule has 7 heteroatoms. The number of thioether (sulfide) groups is 1. The van der Waals surface area contributed by atoms with Crippen LogP contribution < -0.4 is 0 Å². The molecule has 128 valence electrons. The quantitative estimate of drug-likeness (QED) is 0.500. The van der Waals surface area contributed by atoms with Crippen molar-refractivity contribution in [2.75, 3.05) is 11.5 Å². The van der Waals surface area contributed by atoms with Crippen molar-refractivity contribution in [3.05, 3.63) is 30.1 Å². The molecule has 0 amide bonds. The van der Waals surface area contributed by atoms with Crippen molar-refractivity contribution in [1.82, 2.24) is 4.98 Å². The van der Waals surface area contributed by atoms with E-state index in [2.05, 4.69) is 4.98 Å². The van der Waals surface area contributed by atoms with Gasteiger partial charge in [0.1, 0.15) is 0 Å². The van der Waals surface area contributed by atoms with Gasteiger partial charge in [0.15, 0.2) is 5.60 Å². The van der Waals surface area contributed by atoms with Crippen LogP contribution in [-0.2, 0) is 16.0 Å². The van der Waals surface area contributed by atoms with E-state index in [1.54, 1.807) is 6.20 Å². The molecule has 1 heterocycles. The molecule has 0 aliphatic carbocycles. The first-order chi connectivity index (χ1) is 10.9. The van der Waals surface area contributed by atoms with Gasteiger partial charge in [-0.1, -0.05) is 18.9 Å². The number of unbranched alkanes of at least 4 members (excludes halogenated alkanes) is 3. The molecule has 0 saturated heterocycles. The molecule has 0 aliphatic heterocycles. The zero-order valence-corrected chi connectivity index (χ0v) is 13.8. The molecule has 0 saturated carbocycles. The minimum Gasteiger partial charge on any atom is -0.481 e. The number of aryl methyl sites for hydroxylation is 1. The number of aliphatic carboxylic acids is 2. The third kappa shape index (κ3) is 7.99. The normalized spacial score (nSPS) is 13.4. The van der Waals surface area contributed by atoms with E-state index in [0.717, 1.165) is 37.8 Å². The van der Waals surface area contributed by atoms with Crippen molar-refractivity contribution >= 4 is 23.7 Å². The van der Waals surface area contributed by atoms with Gasteiger partial charge in [-0.05, 0) is 37.1 Å². The molecule has 6 nitrogen and oxygen atoms in total. The molecule has 1 rings (SSSR count). The summed E-state index contributed by atoms with van der Waals surface area (Å²) in [5.74, 6) is -2.20. The second kappa shape index (κ2) is 10.2. The summed E-state index contributed by atoms with van der Waals surface area (Å²) in [6, 6.07) is 5.87. The van der Waals surface area contributed by atoms with Crippen LogP contribution in [0, 0.1) is 0 Å². The fourth-order valence-corrected chi connectivity index (χ4v) is 3.21. The van der Waals surface area contributed by atoms with Crippen LogP contribution in [0.15, 0.2) is 24.4 Å². The van der Waals surface area contributed by atoms with Crippen LogP contribution >= 0.6 is 11.8 Å². The van der Waals surface area contributed by atoms with Crippen molar-refractivity contribution < 1.29 is 24.9 Å². The van der Waals surface area contributed by atoms with Gasteiger partial charge >= 0.3 is 11.9 Å². The molecule has 1 aromatic heterocycles. The van der Waals surface area contributed by atoms with Gasteiger partial charge in [-0.15, -0.1) is 0 Å². The van der Waals surface area contributed by atoms with Crippen LogP contribution in [0.2, 0.25) is 0 Å². The van der Waals surface area contributed by atoms with E-state index in [1.807, 2.05) is 18.2 Å². The lowest BCUT2D eigenvalue weighted by atomic mass is 10.0. The highest BCUT2D eigenvalue weighted by atomic mass is 32.2. The predicted octanol–water partition coefficient (Wildman–Crippen LogP) is 2.21. The highest BCUT2D eigenvalue weighted by Gasteiger charge is 2.38. The first-order valence-electron chi connectivity index (χ1n) is 7.59. The van der Waals surface area contributed by atoms with Crippen LogP contribution in [0.3, 0.4) is 0 Å². The second-order valence-electron chi connectivity index (χ2n) is 5.45. The molecule has 0 spiro atoms. The zero-order chi connectivity index (χ0) is 17.1. The molecule has 0 fully saturated rings. The number of carboxylic acids is 2. The van der Waals surface area contributed by atoms with E-state index >= 15 is 0 Å². The fraction of sp³-hybridized carbons (Fsp3) is 0.562. The summed E-state index contributed by atoms with van der Waals surface area (Å²) in [5, 5.41) is 27.4.